The minimum absolute atomic E-state index is 0.0972. The van der Waals surface area contributed by atoms with Crippen LogP contribution in [0.5, 0.6) is 5.75 Å². The van der Waals surface area contributed by atoms with Gasteiger partial charge in [0.15, 0.2) is 0 Å². The first-order valence-electron chi connectivity index (χ1n) is 4.33. The first-order valence-corrected chi connectivity index (χ1v) is 6.49. The average molecular weight is 456 g/mol. The van der Waals surface area contributed by atoms with Crippen LogP contribution in [-0.4, -0.2) is 31.4 Å². The molecule has 0 bridgehead atoms. The summed E-state index contributed by atoms with van der Waals surface area (Å²) >= 11 is 4.17. The highest BCUT2D eigenvalue weighted by atomic mass is 127. The summed E-state index contributed by atoms with van der Waals surface area (Å²) in [5, 5.41) is 26.9. The Kier molecular flexibility index (Phi) is 3.76. The van der Waals surface area contributed by atoms with Crippen molar-refractivity contribution in [2.45, 2.75) is 0 Å². The van der Waals surface area contributed by atoms with Crippen LogP contribution in [0, 0.1) is 7.14 Å². The van der Waals surface area contributed by atoms with Crippen LogP contribution >= 0.6 is 45.2 Å². The molecule has 0 aliphatic rings. The van der Waals surface area contributed by atoms with E-state index < -0.39 is 0 Å². The molecule has 0 spiro atoms. The summed E-state index contributed by atoms with van der Waals surface area (Å²) in [7, 11) is 0. The molecule has 0 fully saturated rings. The number of nitrogens with one attached hydrogen (secondary N) is 1. The number of aromatic amines is 1. The number of tetrazole rings is 1. The van der Waals surface area contributed by atoms with Gasteiger partial charge in [-0.3, -0.25) is 0 Å². The van der Waals surface area contributed by atoms with E-state index in [1.54, 1.807) is 6.07 Å². The van der Waals surface area contributed by atoms with Crippen molar-refractivity contribution in [1.29, 1.82) is 0 Å². The average Bonchev–Trinajstić information content (AvgIpc) is 2.79. The molecule has 2 aromatic rings. The van der Waals surface area contributed by atoms with Crippen LogP contribution in [0.1, 0.15) is 11.4 Å². The number of hydrazone groups is 1. The highest BCUT2D eigenvalue weighted by Gasteiger charge is 2.18. The molecule has 7 nitrogen and oxygen atoms in total. The predicted octanol–water partition coefficient (Wildman–Crippen LogP) is 0.826. The van der Waals surface area contributed by atoms with Crippen molar-refractivity contribution < 1.29 is 5.11 Å². The number of phenols is 1. The van der Waals surface area contributed by atoms with E-state index in [4.69, 9.17) is 5.84 Å². The van der Waals surface area contributed by atoms with Crippen molar-refractivity contribution in [3.8, 4) is 5.75 Å². The van der Waals surface area contributed by atoms with Crippen LogP contribution in [0.4, 0.5) is 0 Å². The van der Waals surface area contributed by atoms with Crippen molar-refractivity contribution in [2.75, 3.05) is 0 Å². The van der Waals surface area contributed by atoms with Crippen molar-refractivity contribution in [3.05, 3.63) is 30.7 Å². The molecule has 0 saturated heterocycles. The number of hydrogen-bond donors (Lipinski definition) is 3. The molecular weight excluding hydrogens is 450 g/mol. The molecule has 0 atom stereocenters. The number of aromatic hydroxyl groups is 1. The van der Waals surface area contributed by atoms with Crippen LogP contribution in [0.15, 0.2) is 17.2 Å². The molecule has 88 valence electrons. The van der Waals surface area contributed by atoms with Crippen LogP contribution in [0.2, 0.25) is 0 Å². The summed E-state index contributed by atoms with van der Waals surface area (Å²) in [6, 6.07) is 3.59. The molecule has 1 heterocycles. The Hall–Kier alpha value is -0.980. The lowest BCUT2D eigenvalue weighted by Crippen LogP contribution is -2.10. The summed E-state index contributed by atoms with van der Waals surface area (Å²) in [4.78, 5) is 0. The molecule has 9 heteroatoms. The van der Waals surface area contributed by atoms with E-state index in [9.17, 15) is 5.11 Å². The lowest BCUT2D eigenvalue weighted by Gasteiger charge is -2.06. The van der Waals surface area contributed by atoms with Gasteiger partial charge in [-0.15, -0.1) is 10.2 Å². The highest BCUT2D eigenvalue weighted by molar-refractivity contribution is 14.1. The van der Waals surface area contributed by atoms with Crippen molar-refractivity contribution >= 4 is 50.9 Å². The van der Waals surface area contributed by atoms with Gasteiger partial charge >= 0.3 is 0 Å². The van der Waals surface area contributed by atoms with Gasteiger partial charge in [0.2, 0.25) is 5.82 Å². The number of benzene rings is 1. The van der Waals surface area contributed by atoms with E-state index in [1.165, 1.54) is 0 Å². The van der Waals surface area contributed by atoms with Crippen LogP contribution in [0.25, 0.3) is 0 Å². The number of halogens is 2. The van der Waals surface area contributed by atoms with Gasteiger partial charge in [0.1, 0.15) is 11.5 Å². The second kappa shape index (κ2) is 5.12. The Morgan fingerprint density at radius 3 is 2.76 bits per heavy atom. The Bertz CT molecular complexity index is 568. The lowest BCUT2D eigenvalue weighted by atomic mass is 10.1. The largest absolute Gasteiger partial charge is 0.506 e. The van der Waals surface area contributed by atoms with Gasteiger partial charge in [-0.05, 0) is 62.5 Å². The maximum Gasteiger partial charge on any atom is 0.225 e. The molecule has 0 saturated carbocycles. The quantitative estimate of drug-likeness (QED) is 0.268. The summed E-state index contributed by atoms with van der Waals surface area (Å²) in [5.41, 5.74) is 0.762. The smallest absolute Gasteiger partial charge is 0.225 e. The summed E-state index contributed by atoms with van der Waals surface area (Å²) < 4.78 is 1.65. The molecule has 0 aliphatic heterocycles. The van der Waals surface area contributed by atoms with Gasteiger partial charge < -0.3 is 10.9 Å². The summed E-state index contributed by atoms with van der Waals surface area (Å²) in [6.07, 6.45) is 0. The normalized spacial score (nSPS) is 11.8. The van der Waals surface area contributed by atoms with Crippen molar-refractivity contribution in [2.24, 2.45) is 10.9 Å². The van der Waals surface area contributed by atoms with Crippen LogP contribution < -0.4 is 5.84 Å². The molecule has 0 aliphatic carbocycles. The number of nitrogens with two attached hydrogens (primary N) is 1. The van der Waals surface area contributed by atoms with Crippen LogP contribution in [-0.2, 0) is 0 Å². The lowest BCUT2D eigenvalue weighted by molar-refractivity contribution is 0.470. The minimum Gasteiger partial charge on any atom is -0.506 e. The Morgan fingerprint density at radius 2 is 2.18 bits per heavy atom. The number of hydrogen-bond acceptors (Lipinski definition) is 6. The van der Waals surface area contributed by atoms with E-state index in [0.717, 1.165) is 3.57 Å². The molecule has 4 N–H and O–H groups in total. The van der Waals surface area contributed by atoms with Gasteiger partial charge in [0, 0.05) is 9.13 Å². The number of phenolic OH excluding ortho intramolecular Hbond substituents is 1. The van der Waals surface area contributed by atoms with Gasteiger partial charge in [0.05, 0.1) is 3.57 Å². The first kappa shape index (κ1) is 12.5. The second-order valence-electron chi connectivity index (χ2n) is 3.00. The number of nitrogens with zero attached hydrogens (tertiary/aromatic N) is 4. The van der Waals surface area contributed by atoms with Gasteiger partial charge in [-0.2, -0.15) is 10.3 Å². The van der Waals surface area contributed by atoms with Gasteiger partial charge in [-0.25, -0.2) is 0 Å². The number of aromatic nitrogens is 4. The van der Waals surface area contributed by atoms with Gasteiger partial charge in [-0.1, -0.05) is 0 Å². The van der Waals surface area contributed by atoms with Crippen molar-refractivity contribution in [3.63, 3.8) is 0 Å². The molecule has 0 unspecified atom stereocenters. The zero-order valence-electron chi connectivity index (χ0n) is 8.22. The number of rotatable bonds is 2. The third-order valence-electron chi connectivity index (χ3n) is 1.97. The molecule has 0 radical (unpaired) electrons. The van der Waals surface area contributed by atoms with Gasteiger partial charge in [0.25, 0.3) is 0 Å². The molecule has 2 rings (SSSR count). The Morgan fingerprint density at radius 1 is 1.41 bits per heavy atom. The summed E-state index contributed by atoms with van der Waals surface area (Å²) in [5.74, 6) is 5.65. The Balaban J connectivity index is 2.60. The maximum absolute atomic E-state index is 9.99. The fraction of sp³-hybridized carbons (Fsp3) is 0. The van der Waals surface area contributed by atoms with E-state index in [1.807, 2.05) is 28.7 Å². The van der Waals surface area contributed by atoms with E-state index in [2.05, 4.69) is 48.3 Å². The van der Waals surface area contributed by atoms with E-state index >= 15 is 0 Å². The van der Waals surface area contributed by atoms with Crippen LogP contribution in [0.3, 0.4) is 0 Å². The highest BCUT2D eigenvalue weighted by Crippen LogP contribution is 2.28. The second-order valence-corrected chi connectivity index (χ2v) is 5.40. The monoisotopic (exact) mass is 456 g/mol. The zero-order valence-corrected chi connectivity index (χ0v) is 12.5. The Labute approximate surface area is 123 Å². The topological polar surface area (TPSA) is 113 Å². The minimum atomic E-state index is 0.0972. The maximum atomic E-state index is 9.99. The fourth-order valence-corrected chi connectivity index (χ4v) is 3.10. The SMILES string of the molecule is N/N=C(/c1nn[nH]n1)c1cc(I)cc(I)c1O. The molecule has 0 amide bonds. The van der Waals surface area contributed by atoms with E-state index in [-0.39, 0.29) is 17.3 Å². The number of H-pyrrole nitrogens is 1. The third-order valence-corrected chi connectivity index (χ3v) is 3.41. The molecule has 1 aromatic heterocycles. The van der Waals surface area contributed by atoms with E-state index in [0.29, 0.717) is 9.13 Å². The molecule has 1 aromatic carbocycles. The molecule has 17 heavy (non-hydrogen) atoms. The van der Waals surface area contributed by atoms with Crippen molar-refractivity contribution in [1.82, 2.24) is 20.6 Å². The fourth-order valence-electron chi connectivity index (χ4n) is 1.26. The standard InChI is InChI=1S/C8H6I2N6O/c9-3-1-4(7(17)5(10)2-3)6(12-11)8-13-15-16-14-8/h1-2,17H,11H2,(H,13,14,15,16)/b12-6+. The molecular formula is C8H6I2N6O. The first-order chi connectivity index (χ1) is 8.13. The predicted molar refractivity (Wildman–Crippen MR) is 77.5 cm³/mol. The zero-order chi connectivity index (χ0) is 12.4. The summed E-state index contributed by atoms with van der Waals surface area (Å²) in [6.45, 7) is 0. The third kappa shape index (κ3) is 2.48.